The van der Waals surface area contributed by atoms with Crippen LogP contribution in [0, 0.1) is 0 Å². The normalized spacial score (nSPS) is 20.7. The molecule has 1 aromatic heterocycles. The minimum Gasteiger partial charge on any atom is -0.396 e. The number of aromatic nitrogens is 1. The summed E-state index contributed by atoms with van der Waals surface area (Å²) in [5, 5.41) is 3.64. The molecule has 1 aliphatic rings. The summed E-state index contributed by atoms with van der Waals surface area (Å²) in [5.41, 5.74) is 6.29. The Morgan fingerprint density at radius 2 is 2.44 bits per heavy atom. The first-order valence-corrected chi connectivity index (χ1v) is 5.48. The van der Waals surface area contributed by atoms with Gasteiger partial charge in [-0.15, -0.1) is 0 Å². The summed E-state index contributed by atoms with van der Waals surface area (Å²) >= 11 is 5.75. The molecule has 2 rings (SSSR count). The van der Waals surface area contributed by atoms with Gasteiger partial charge in [-0.2, -0.15) is 0 Å². The van der Waals surface area contributed by atoms with Gasteiger partial charge in [0.1, 0.15) is 5.82 Å². The molecule has 16 heavy (non-hydrogen) atoms. The lowest BCUT2D eigenvalue weighted by Gasteiger charge is -2.23. The van der Waals surface area contributed by atoms with Gasteiger partial charge in [0.25, 0.3) is 0 Å². The van der Waals surface area contributed by atoms with Crippen molar-refractivity contribution in [3.05, 3.63) is 17.3 Å². The van der Waals surface area contributed by atoms with Crippen LogP contribution in [0.3, 0.4) is 0 Å². The van der Waals surface area contributed by atoms with Gasteiger partial charge in [0, 0.05) is 12.7 Å². The Morgan fingerprint density at radius 1 is 1.56 bits per heavy atom. The molecule has 0 amide bonds. The van der Waals surface area contributed by atoms with Crippen molar-refractivity contribution in [3.63, 3.8) is 0 Å². The molecule has 1 unspecified atom stereocenters. The monoisotopic (exact) mass is 243 g/mol. The smallest absolute Gasteiger partial charge is 0.149 e. The van der Waals surface area contributed by atoms with E-state index in [1.165, 1.54) is 0 Å². The van der Waals surface area contributed by atoms with Crippen molar-refractivity contribution in [2.24, 2.45) is 0 Å². The third kappa shape index (κ3) is 2.98. The second kappa shape index (κ2) is 5.34. The first-order chi connectivity index (χ1) is 7.75. The lowest BCUT2D eigenvalue weighted by molar-refractivity contribution is -0.0819. The van der Waals surface area contributed by atoms with E-state index in [-0.39, 0.29) is 6.10 Å². The number of halogens is 1. The maximum absolute atomic E-state index is 5.76. The summed E-state index contributed by atoms with van der Waals surface area (Å²) in [5.74, 6) is 0.624. The molecular weight excluding hydrogens is 230 g/mol. The molecule has 0 radical (unpaired) electrons. The van der Waals surface area contributed by atoms with Gasteiger partial charge in [0.05, 0.1) is 36.6 Å². The highest BCUT2D eigenvalue weighted by Crippen LogP contribution is 2.19. The second-order valence-electron chi connectivity index (χ2n) is 3.54. The summed E-state index contributed by atoms with van der Waals surface area (Å²) in [7, 11) is 0. The molecule has 1 atom stereocenters. The van der Waals surface area contributed by atoms with E-state index in [4.69, 9.17) is 26.8 Å². The number of nitrogens with zero attached hydrogens (tertiary/aromatic N) is 1. The van der Waals surface area contributed by atoms with Crippen molar-refractivity contribution in [2.75, 3.05) is 37.4 Å². The Labute approximate surface area is 98.9 Å². The van der Waals surface area contributed by atoms with Crippen molar-refractivity contribution < 1.29 is 9.47 Å². The Morgan fingerprint density at radius 3 is 3.12 bits per heavy atom. The molecule has 1 fully saturated rings. The maximum atomic E-state index is 5.76. The van der Waals surface area contributed by atoms with Crippen molar-refractivity contribution in [1.29, 1.82) is 0 Å². The average Bonchev–Trinajstić information content (AvgIpc) is 2.29. The number of nitrogens with two attached hydrogens (primary N) is 1. The van der Waals surface area contributed by atoms with Gasteiger partial charge in [0.15, 0.2) is 0 Å². The molecule has 1 aromatic rings. The fraction of sp³-hybridized carbons (Fsp3) is 0.500. The highest BCUT2D eigenvalue weighted by Gasteiger charge is 2.14. The first kappa shape index (κ1) is 11.4. The molecule has 0 aliphatic carbocycles. The number of hydrogen-bond donors (Lipinski definition) is 2. The fourth-order valence-electron chi connectivity index (χ4n) is 1.47. The molecule has 2 heterocycles. The zero-order valence-electron chi connectivity index (χ0n) is 8.78. The standard InChI is InChI=1S/C10H14ClN3O2/c11-7-3-9(12)10(13-4-7)14-5-8-6-15-1-2-16-8/h3-4,8H,1-2,5-6,12H2,(H,13,14). The van der Waals surface area contributed by atoms with E-state index in [2.05, 4.69) is 10.3 Å². The number of nitrogens with one attached hydrogen (secondary N) is 1. The largest absolute Gasteiger partial charge is 0.396 e. The Bertz CT molecular complexity index is 356. The summed E-state index contributed by atoms with van der Waals surface area (Å²) < 4.78 is 10.8. The SMILES string of the molecule is Nc1cc(Cl)cnc1NCC1COCCO1. The average molecular weight is 244 g/mol. The van der Waals surface area contributed by atoms with Crippen molar-refractivity contribution in [1.82, 2.24) is 4.98 Å². The summed E-state index contributed by atoms with van der Waals surface area (Å²) in [4.78, 5) is 4.10. The lowest BCUT2D eigenvalue weighted by Crippen LogP contribution is -2.34. The van der Waals surface area contributed by atoms with Gasteiger partial charge in [0.2, 0.25) is 0 Å². The number of ether oxygens (including phenoxy) is 2. The quantitative estimate of drug-likeness (QED) is 0.833. The zero-order valence-corrected chi connectivity index (χ0v) is 9.54. The van der Waals surface area contributed by atoms with Crippen LogP contribution in [0.1, 0.15) is 0 Å². The summed E-state index contributed by atoms with van der Waals surface area (Å²) in [6.07, 6.45) is 1.60. The third-order valence-corrected chi connectivity index (χ3v) is 2.47. The molecule has 1 aliphatic heterocycles. The van der Waals surface area contributed by atoms with Gasteiger partial charge in [-0.1, -0.05) is 11.6 Å². The van der Waals surface area contributed by atoms with Crippen molar-refractivity contribution >= 4 is 23.1 Å². The second-order valence-corrected chi connectivity index (χ2v) is 3.98. The van der Waals surface area contributed by atoms with Gasteiger partial charge in [-0.3, -0.25) is 0 Å². The van der Waals surface area contributed by atoms with Crippen molar-refractivity contribution in [3.8, 4) is 0 Å². The molecule has 88 valence electrons. The first-order valence-electron chi connectivity index (χ1n) is 5.10. The topological polar surface area (TPSA) is 69.4 Å². The highest BCUT2D eigenvalue weighted by atomic mass is 35.5. The summed E-state index contributed by atoms with van der Waals surface area (Å²) in [6, 6.07) is 1.66. The van der Waals surface area contributed by atoms with Crippen LogP contribution < -0.4 is 11.1 Å². The minimum atomic E-state index is 0.0469. The maximum Gasteiger partial charge on any atom is 0.149 e. The van der Waals surface area contributed by atoms with Crippen LogP contribution in [0.4, 0.5) is 11.5 Å². The molecule has 0 aromatic carbocycles. The van der Waals surface area contributed by atoms with E-state index in [9.17, 15) is 0 Å². The van der Waals surface area contributed by atoms with Crippen LogP contribution in [0.15, 0.2) is 12.3 Å². The Hall–Kier alpha value is -1.04. The Balaban J connectivity index is 1.88. The zero-order chi connectivity index (χ0) is 11.4. The predicted molar refractivity (Wildman–Crippen MR) is 62.7 cm³/mol. The number of anilines is 2. The highest BCUT2D eigenvalue weighted by molar-refractivity contribution is 6.30. The fourth-order valence-corrected chi connectivity index (χ4v) is 1.63. The van der Waals surface area contributed by atoms with E-state index >= 15 is 0 Å². The molecular formula is C10H14ClN3O2. The van der Waals surface area contributed by atoms with Crippen LogP contribution in [-0.4, -0.2) is 37.5 Å². The molecule has 0 bridgehead atoms. The van der Waals surface area contributed by atoms with E-state index in [0.717, 1.165) is 0 Å². The predicted octanol–water partition coefficient (Wildman–Crippen LogP) is 1.14. The number of pyridine rings is 1. The van der Waals surface area contributed by atoms with Gasteiger partial charge in [-0.25, -0.2) is 4.98 Å². The van der Waals surface area contributed by atoms with Crippen LogP contribution in [0.2, 0.25) is 5.02 Å². The van der Waals surface area contributed by atoms with Crippen molar-refractivity contribution in [2.45, 2.75) is 6.10 Å². The number of hydrogen-bond acceptors (Lipinski definition) is 5. The van der Waals surface area contributed by atoms with Crippen LogP contribution in [0.5, 0.6) is 0 Å². The van der Waals surface area contributed by atoms with Gasteiger partial charge >= 0.3 is 0 Å². The van der Waals surface area contributed by atoms with Gasteiger partial charge < -0.3 is 20.5 Å². The molecule has 1 saturated heterocycles. The van der Waals surface area contributed by atoms with E-state index in [1.54, 1.807) is 12.3 Å². The van der Waals surface area contributed by atoms with Crippen LogP contribution in [0.25, 0.3) is 0 Å². The lowest BCUT2D eigenvalue weighted by atomic mass is 10.3. The van der Waals surface area contributed by atoms with Crippen LogP contribution >= 0.6 is 11.6 Å². The molecule has 5 nitrogen and oxygen atoms in total. The molecule has 6 heteroatoms. The van der Waals surface area contributed by atoms with E-state index < -0.39 is 0 Å². The summed E-state index contributed by atoms with van der Waals surface area (Å²) in [6.45, 7) is 2.52. The molecule has 0 spiro atoms. The number of rotatable bonds is 3. The number of nitrogen functional groups attached to an aromatic ring is 1. The molecule has 3 N–H and O–H groups in total. The minimum absolute atomic E-state index is 0.0469. The van der Waals surface area contributed by atoms with Crippen LogP contribution in [-0.2, 0) is 9.47 Å². The van der Waals surface area contributed by atoms with E-state index in [0.29, 0.717) is 42.9 Å². The Kier molecular flexibility index (Phi) is 3.82. The molecule has 0 saturated carbocycles. The van der Waals surface area contributed by atoms with Gasteiger partial charge in [-0.05, 0) is 6.07 Å². The van der Waals surface area contributed by atoms with E-state index in [1.807, 2.05) is 0 Å². The third-order valence-electron chi connectivity index (χ3n) is 2.27.